The largest absolute Gasteiger partial charge is 0.221 e. The van der Waals surface area contributed by atoms with Gasteiger partial charge in [-0.05, 0) is 19.3 Å². The van der Waals surface area contributed by atoms with E-state index in [0.717, 1.165) is 25.7 Å². The molecule has 0 atom stereocenters. The quantitative estimate of drug-likeness (QED) is 0.219. The molecule has 0 aliphatic carbocycles. The van der Waals surface area contributed by atoms with Gasteiger partial charge in [0.1, 0.15) is 5.60 Å². The molecule has 122 valence electrons. The molecule has 0 bridgehead atoms. The summed E-state index contributed by atoms with van der Waals surface area (Å²) < 4.78 is 0. The summed E-state index contributed by atoms with van der Waals surface area (Å²) in [6.07, 6.45) is 16.1. The van der Waals surface area contributed by atoms with E-state index in [2.05, 4.69) is 25.8 Å². The zero-order valence-corrected chi connectivity index (χ0v) is 14.0. The normalized spacial score (nSPS) is 12.0. The first-order chi connectivity index (χ1) is 9.74. The van der Waals surface area contributed by atoms with E-state index in [4.69, 9.17) is 10.1 Å². The molecular formula is C17H36O3. The highest BCUT2D eigenvalue weighted by molar-refractivity contribution is 4.76. The number of unbranched alkanes of at least 4 members (excludes halogenated alkanes) is 9. The molecule has 0 unspecified atom stereocenters. The Morgan fingerprint density at radius 1 is 0.700 bits per heavy atom. The topological polar surface area (TPSA) is 38.7 Å². The van der Waals surface area contributed by atoms with Crippen molar-refractivity contribution in [2.24, 2.45) is 0 Å². The molecule has 0 aromatic rings. The second-order valence-electron chi connectivity index (χ2n) is 5.98. The Hall–Kier alpha value is -0.120. The third-order valence-electron chi connectivity index (χ3n) is 4.49. The molecule has 0 saturated carbocycles. The molecule has 0 aromatic heterocycles. The molecule has 0 saturated heterocycles. The van der Waals surface area contributed by atoms with E-state index in [1.165, 1.54) is 57.8 Å². The van der Waals surface area contributed by atoms with E-state index in [1.807, 2.05) is 0 Å². The summed E-state index contributed by atoms with van der Waals surface area (Å²) in [5, 5.41) is 12.4. The van der Waals surface area contributed by atoms with Crippen molar-refractivity contribution in [1.29, 1.82) is 0 Å². The monoisotopic (exact) mass is 288 g/mol. The van der Waals surface area contributed by atoms with Gasteiger partial charge in [-0.2, -0.15) is 4.89 Å². The standard InChI is InChI=1S/C17H36O3/c1-4-7-8-9-10-11-12-13-14-15-16-17(5-2,6-3)19-20-18/h18H,4-16H2,1-3H3. The maximum atomic E-state index is 8.50. The van der Waals surface area contributed by atoms with Crippen LogP contribution in [0.5, 0.6) is 0 Å². The summed E-state index contributed by atoms with van der Waals surface area (Å²) in [6.45, 7) is 6.43. The average molecular weight is 288 g/mol. The van der Waals surface area contributed by atoms with Crippen LogP contribution in [0.2, 0.25) is 0 Å². The van der Waals surface area contributed by atoms with E-state index in [0.29, 0.717) is 0 Å². The summed E-state index contributed by atoms with van der Waals surface area (Å²) in [5.41, 5.74) is -0.297. The van der Waals surface area contributed by atoms with Crippen molar-refractivity contribution in [3.05, 3.63) is 0 Å². The Balaban J connectivity index is 3.45. The molecule has 1 N–H and O–H groups in total. The zero-order chi connectivity index (χ0) is 15.1. The lowest BCUT2D eigenvalue weighted by Gasteiger charge is -2.28. The van der Waals surface area contributed by atoms with E-state index in [9.17, 15) is 0 Å². The van der Waals surface area contributed by atoms with Crippen molar-refractivity contribution in [2.45, 2.75) is 110 Å². The van der Waals surface area contributed by atoms with Gasteiger partial charge in [0.05, 0.1) is 0 Å². The minimum absolute atomic E-state index is 0.297. The van der Waals surface area contributed by atoms with Crippen LogP contribution < -0.4 is 0 Å². The number of hydrogen-bond donors (Lipinski definition) is 1. The van der Waals surface area contributed by atoms with E-state index >= 15 is 0 Å². The van der Waals surface area contributed by atoms with Crippen molar-refractivity contribution in [1.82, 2.24) is 0 Å². The first kappa shape index (κ1) is 19.9. The maximum Gasteiger partial charge on any atom is 0.106 e. The molecule has 0 heterocycles. The van der Waals surface area contributed by atoms with Gasteiger partial charge in [-0.25, -0.2) is 5.26 Å². The highest BCUT2D eigenvalue weighted by Gasteiger charge is 2.28. The van der Waals surface area contributed by atoms with E-state index in [-0.39, 0.29) is 5.60 Å². The third-order valence-corrected chi connectivity index (χ3v) is 4.49. The first-order valence-electron chi connectivity index (χ1n) is 8.74. The van der Waals surface area contributed by atoms with Gasteiger partial charge in [0.2, 0.25) is 0 Å². The smallest absolute Gasteiger partial charge is 0.106 e. The summed E-state index contributed by atoms with van der Waals surface area (Å²) in [5.74, 6) is 0. The molecule has 0 fully saturated rings. The van der Waals surface area contributed by atoms with E-state index < -0.39 is 0 Å². The Morgan fingerprint density at radius 3 is 1.55 bits per heavy atom. The van der Waals surface area contributed by atoms with Crippen LogP contribution in [-0.2, 0) is 9.93 Å². The predicted molar refractivity (Wildman–Crippen MR) is 84.6 cm³/mol. The molecule has 0 aromatic carbocycles. The van der Waals surface area contributed by atoms with Gasteiger partial charge in [-0.15, -0.1) is 0 Å². The average Bonchev–Trinajstić information content (AvgIpc) is 2.48. The van der Waals surface area contributed by atoms with Crippen molar-refractivity contribution in [3.63, 3.8) is 0 Å². The summed E-state index contributed by atoms with van der Waals surface area (Å²) >= 11 is 0. The molecular weight excluding hydrogens is 252 g/mol. The lowest BCUT2D eigenvalue weighted by Crippen LogP contribution is -2.30. The van der Waals surface area contributed by atoms with Crippen LogP contribution in [0.3, 0.4) is 0 Å². The zero-order valence-electron chi connectivity index (χ0n) is 14.0. The Kier molecular flexibility index (Phi) is 13.8. The highest BCUT2D eigenvalue weighted by atomic mass is 17.5. The number of rotatable bonds is 15. The molecule has 0 rings (SSSR count). The van der Waals surface area contributed by atoms with Gasteiger partial charge in [0.25, 0.3) is 0 Å². The minimum Gasteiger partial charge on any atom is -0.221 e. The van der Waals surface area contributed by atoms with Gasteiger partial charge in [-0.1, -0.05) is 90.0 Å². The van der Waals surface area contributed by atoms with E-state index in [1.54, 1.807) is 0 Å². The molecule has 0 spiro atoms. The van der Waals surface area contributed by atoms with Crippen LogP contribution in [0.15, 0.2) is 0 Å². The number of hydrogen-bond acceptors (Lipinski definition) is 3. The van der Waals surface area contributed by atoms with Crippen molar-refractivity contribution in [2.75, 3.05) is 0 Å². The molecule has 0 aliphatic heterocycles. The predicted octanol–water partition coefficient (Wildman–Crippen LogP) is 6.28. The van der Waals surface area contributed by atoms with Crippen LogP contribution >= 0.6 is 0 Å². The first-order valence-corrected chi connectivity index (χ1v) is 8.74. The minimum atomic E-state index is -0.297. The second kappa shape index (κ2) is 13.8. The van der Waals surface area contributed by atoms with Crippen molar-refractivity contribution < 1.29 is 15.2 Å². The third kappa shape index (κ3) is 9.73. The molecule has 0 radical (unpaired) electrons. The summed E-state index contributed by atoms with van der Waals surface area (Å²) in [4.78, 5) is 5.07. The Bertz CT molecular complexity index is 191. The molecule has 0 aliphatic rings. The van der Waals surface area contributed by atoms with Crippen LogP contribution in [-0.4, -0.2) is 10.9 Å². The molecule has 3 nitrogen and oxygen atoms in total. The van der Waals surface area contributed by atoms with Gasteiger partial charge < -0.3 is 0 Å². The highest BCUT2D eigenvalue weighted by Crippen LogP contribution is 2.27. The Labute approximate surface area is 125 Å². The van der Waals surface area contributed by atoms with Crippen LogP contribution in [0.1, 0.15) is 104 Å². The van der Waals surface area contributed by atoms with Gasteiger partial charge in [0.15, 0.2) is 0 Å². The molecule has 3 heteroatoms. The van der Waals surface area contributed by atoms with Crippen LogP contribution in [0, 0.1) is 0 Å². The van der Waals surface area contributed by atoms with Crippen molar-refractivity contribution in [3.8, 4) is 0 Å². The van der Waals surface area contributed by atoms with Gasteiger partial charge in [0, 0.05) is 0 Å². The fraction of sp³-hybridized carbons (Fsp3) is 1.00. The van der Waals surface area contributed by atoms with Crippen molar-refractivity contribution >= 4 is 0 Å². The Morgan fingerprint density at radius 2 is 1.15 bits per heavy atom. The fourth-order valence-corrected chi connectivity index (χ4v) is 2.78. The lowest BCUT2D eigenvalue weighted by atomic mass is 9.90. The maximum absolute atomic E-state index is 8.50. The molecule has 0 amide bonds. The summed E-state index contributed by atoms with van der Waals surface area (Å²) in [6, 6.07) is 0. The van der Waals surface area contributed by atoms with Gasteiger partial charge >= 0.3 is 0 Å². The molecule has 20 heavy (non-hydrogen) atoms. The lowest BCUT2D eigenvalue weighted by molar-refractivity contribution is -0.527. The van der Waals surface area contributed by atoms with Crippen LogP contribution in [0.4, 0.5) is 0 Å². The van der Waals surface area contributed by atoms with Crippen LogP contribution in [0.25, 0.3) is 0 Å². The SMILES string of the molecule is CCCCCCCCCCCCC(CC)(CC)OOO. The van der Waals surface area contributed by atoms with Gasteiger partial charge in [-0.3, -0.25) is 0 Å². The summed E-state index contributed by atoms with van der Waals surface area (Å²) in [7, 11) is 0. The fourth-order valence-electron chi connectivity index (χ4n) is 2.78. The second-order valence-corrected chi connectivity index (χ2v) is 5.98.